The number of imidazole rings is 2. The van der Waals surface area contributed by atoms with Crippen LogP contribution in [-0.2, 0) is 9.59 Å². The van der Waals surface area contributed by atoms with Crippen LogP contribution in [0.1, 0.15) is 72.6 Å². The normalized spacial score (nSPS) is 19.8. The molecular formula is C54H62N12O4. The number of carbonyl (C=O) groups is 4. The summed E-state index contributed by atoms with van der Waals surface area (Å²) >= 11 is 0. The second-order valence-corrected chi connectivity index (χ2v) is 19.1. The number of nitrogens with one attached hydrogen (secondary N) is 4. The maximum atomic E-state index is 14.4. The molecule has 4 aromatic carbocycles. The molecule has 4 saturated heterocycles. The lowest BCUT2D eigenvalue weighted by Gasteiger charge is -2.34. The molecule has 0 radical (unpaired) electrons. The number of H-pyrrole nitrogens is 2. The highest BCUT2D eigenvalue weighted by Gasteiger charge is 2.39. The van der Waals surface area contributed by atoms with E-state index < -0.39 is 12.1 Å². The molecule has 6 aromatic rings. The fourth-order valence-corrected chi connectivity index (χ4v) is 10.3. The van der Waals surface area contributed by atoms with Gasteiger partial charge in [-0.3, -0.25) is 9.59 Å². The molecule has 0 spiro atoms. The first-order chi connectivity index (χ1) is 34.2. The van der Waals surface area contributed by atoms with Gasteiger partial charge in [0.15, 0.2) is 0 Å². The Bertz CT molecular complexity index is 2560. The van der Waals surface area contributed by atoms with E-state index in [1.165, 1.54) is 0 Å². The Morgan fingerprint density at radius 1 is 0.486 bits per heavy atom. The molecule has 4 atom stereocenters. The van der Waals surface area contributed by atoms with Gasteiger partial charge < -0.3 is 50.0 Å². The minimum absolute atomic E-state index is 0.137. The van der Waals surface area contributed by atoms with Crippen molar-refractivity contribution in [2.75, 3.05) is 79.5 Å². The van der Waals surface area contributed by atoms with Crippen LogP contribution in [0.25, 0.3) is 33.6 Å². The van der Waals surface area contributed by atoms with E-state index in [0.717, 1.165) is 108 Å². The number of hydrogen-bond acceptors (Lipinski definition) is 8. The summed E-state index contributed by atoms with van der Waals surface area (Å²) in [5, 5.41) is 6.17. The Balaban J connectivity index is 0.785. The van der Waals surface area contributed by atoms with Crippen molar-refractivity contribution in [2.45, 2.75) is 49.9 Å². The van der Waals surface area contributed by atoms with Crippen LogP contribution in [0, 0.1) is 0 Å². The Hall–Kier alpha value is -7.30. The summed E-state index contributed by atoms with van der Waals surface area (Å²) in [6, 6.07) is 33.2. The molecule has 16 heteroatoms. The van der Waals surface area contributed by atoms with Gasteiger partial charge in [0.1, 0.15) is 23.7 Å². The van der Waals surface area contributed by atoms with Crippen molar-refractivity contribution < 1.29 is 19.2 Å². The second kappa shape index (κ2) is 20.7. The molecule has 6 amide bonds. The topological polar surface area (TPSA) is 169 Å². The first kappa shape index (κ1) is 46.4. The molecule has 0 aliphatic carbocycles. The van der Waals surface area contributed by atoms with Gasteiger partial charge in [0.25, 0.3) is 0 Å². The molecule has 2 aromatic heterocycles. The molecule has 4 N–H and O–H groups in total. The number of piperazine rings is 2. The quantitative estimate of drug-likeness (QED) is 0.109. The van der Waals surface area contributed by atoms with Gasteiger partial charge >= 0.3 is 12.1 Å². The number of benzene rings is 4. The number of aromatic nitrogens is 4. The van der Waals surface area contributed by atoms with Crippen LogP contribution in [0.5, 0.6) is 0 Å². The highest BCUT2D eigenvalue weighted by Crippen LogP contribution is 2.36. The van der Waals surface area contributed by atoms with Crippen LogP contribution in [0.3, 0.4) is 0 Å². The molecule has 0 saturated carbocycles. The van der Waals surface area contributed by atoms with Crippen LogP contribution in [-0.4, -0.2) is 153 Å². The Kier molecular flexibility index (Phi) is 13.8. The van der Waals surface area contributed by atoms with E-state index in [1.54, 1.807) is 9.80 Å². The standard InChI is InChI=1S/C54H62N12O4/c1-61-27-31-63(32-28-61)53(69)59-47(41-11-5-3-6-12-41)51(67)65-25-9-15-45(65)49-55-35-43(57-49)39-21-17-37(18-22-39)38-19-23-40(24-20-38)44-36-56-50(58-44)46-16-10-26-66(46)52(68)48(42-13-7-4-8-14-42)60-54(70)64-33-29-62(2)30-34-64/h3-8,11-14,17-24,35-36,45-48H,9-10,15-16,25-34H2,1-2H3,(H,55,57)(H,56,58)(H,59,69)(H,60,70)/t45?,46?,47-,48-/m1/s1. The van der Waals surface area contributed by atoms with Crippen LogP contribution in [0.2, 0.25) is 0 Å². The van der Waals surface area contributed by atoms with Gasteiger partial charge in [0, 0.05) is 65.4 Å². The minimum Gasteiger partial charge on any atom is -0.340 e. The van der Waals surface area contributed by atoms with E-state index in [9.17, 15) is 19.2 Å². The first-order valence-corrected chi connectivity index (χ1v) is 24.7. The predicted octanol–water partition coefficient (Wildman–Crippen LogP) is 6.86. The lowest BCUT2D eigenvalue weighted by Crippen LogP contribution is -2.53. The van der Waals surface area contributed by atoms with E-state index in [1.807, 2.05) is 97.0 Å². The van der Waals surface area contributed by atoms with Crippen molar-refractivity contribution in [3.8, 4) is 33.6 Å². The summed E-state index contributed by atoms with van der Waals surface area (Å²) in [6.07, 6.45) is 6.88. The van der Waals surface area contributed by atoms with Gasteiger partial charge in [0.2, 0.25) is 11.8 Å². The number of hydrogen-bond donors (Lipinski definition) is 4. The third kappa shape index (κ3) is 10.1. The Morgan fingerprint density at radius 2 is 0.843 bits per heavy atom. The van der Waals surface area contributed by atoms with E-state index in [4.69, 9.17) is 9.97 Å². The van der Waals surface area contributed by atoms with Gasteiger partial charge in [-0.25, -0.2) is 19.6 Å². The summed E-state index contributed by atoms with van der Waals surface area (Å²) < 4.78 is 0. The van der Waals surface area contributed by atoms with E-state index in [0.29, 0.717) is 39.3 Å². The van der Waals surface area contributed by atoms with Crippen molar-refractivity contribution in [1.29, 1.82) is 0 Å². The van der Waals surface area contributed by atoms with Crippen LogP contribution < -0.4 is 10.6 Å². The average Bonchev–Trinajstić information content (AvgIpc) is 4.26. The summed E-state index contributed by atoms with van der Waals surface area (Å²) in [6.45, 7) is 6.81. The van der Waals surface area contributed by atoms with Crippen molar-refractivity contribution >= 4 is 23.9 Å². The Morgan fingerprint density at radius 3 is 1.21 bits per heavy atom. The molecule has 16 nitrogen and oxygen atoms in total. The largest absolute Gasteiger partial charge is 0.340 e. The van der Waals surface area contributed by atoms with Crippen molar-refractivity contribution in [1.82, 2.24) is 60.0 Å². The summed E-state index contributed by atoms with van der Waals surface area (Å²) in [4.78, 5) is 84.1. The van der Waals surface area contributed by atoms with E-state index in [2.05, 4.69) is 78.9 Å². The third-order valence-electron chi connectivity index (χ3n) is 14.5. The lowest BCUT2D eigenvalue weighted by molar-refractivity contribution is -0.135. The number of rotatable bonds is 11. The number of nitrogens with zero attached hydrogens (tertiary/aromatic N) is 8. The van der Waals surface area contributed by atoms with Crippen LogP contribution in [0.15, 0.2) is 122 Å². The fourth-order valence-electron chi connectivity index (χ4n) is 10.3. The molecule has 4 fully saturated rings. The van der Waals surface area contributed by atoms with Crippen LogP contribution >= 0.6 is 0 Å². The minimum atomic E-state index is -0.809. The number of urea groups is 2. The van der Waals surface area contributed by atoms with Crippen molar-refractivity contribution in [3.05, 3.63) is 144 Å². The molecule has 2 unspecified atom stereocenters. The molecule has 70 heavy (non-hydrogen) atoms. The fraction of sp³-hybridized carbons (Fsp3) is 0.370. The molecule has 6 heterocycles. The number of likely N-dealkylation sites (tertiary alicyclic amines) is 2. The highest BCUT2D eigenvalue weighted by atomic mass is 16.2. The van der Waals surface area contributed by atoms with E-state index in [-0.39, 0.29) is 36.0 Å². The summed E-state index contributed by atoms with van der Waals surface area (Å²) in [5.41, 5.74) is 7.32. The molecule has 4 aliphatic rings. The maximum Gasteiger partial charge on any atom is 0.318 e. The zero-order valence-corrected chi connectivity index (χ0v) is 40.0. The third-order valence-corrected chi connectivity index (χ3v) is 14.5. The average molecular weight is 943 g/mol. The van der Waals surface area contributed by atoms with Gasteiger partial charge in [-0.2, -0.15) is 0 Å². The zero-order chi connectivity index (χ0) is 48.1. The molecule has 0 bridgehead atoms. The number of likely N-dealkylation sites (N-methyl/N-ethyl adjacent to an activating group) is 2. The molecule has 10 rings (SSSR count). The molecule has 4 aliphatic heterocycles. The number of carbonyl (C=O) groups excluding carboxylic acids is 4. The highest BCUT2D eigenvalue weighted by molar-refractivity contribution is 5.90. The van der Waals surface area contributed by atoms with Gasteiger partial charge in [0.05, 0.1) is 35.9 Å². The summed E-state index contributed by atoms with van der Waals surface area (Å²) in [7, 11) is 4.10. The SMILES string of the molecule is CN1CCN(C(=O)N[C@@H](C(=O)N2CCCC2c2ncc(-c3ccc(-c4ccc(-c5cnc(C6CCCN6C(=O)[C@H](NC(=O)N6CCN(C)CC6)c6ccccc6)[nH]5)cc4)cc3)[nH]2)c2ccccc2)CC1. The number of aromatic amines is 2. The first-order valence-electron chi connectivity index (χ1n) is 24.7. The predicted molar refractivity (Wildman–Crippen MR) is 268 cm³/mol. The van der Waals surface area contributed by atoms with Crippen molar-refractivity contribution in [3.63, 3.8) is 0 Å². The van der Waals surface area contributed by atoms with Crippen molar-refractivity contribution in [2.24, 2.45) is 0 Å². The molecular weight excluding hydrogens is 881 g/mol. The second-order valence-electron chi connectivity index (χ2n) is 19.1. The Labute approximate surface area is 409 Å². The monoisotopic (exact) mass is 943 g/mol. The smallest absolute Gasteiger partial charge is 0.318 e. The lowest BCUT2D eigenvalue weighted by atomic mass is 10.0. The van der Waals surface area contributed by atoms with E-state index >= 15 is 0 Å². The van der Waals surface area contributed by atoms with Gasteiger partial charge in [-0.05, 0) is 73.2 Å². The molecule has 362 valence electrons. The van der Waals surface area contributed by atoms with Gasteiger partial charge in [-0.15, -0.1) is 0 Å². The number of amides is 6. The zero-order valence-electron chi connectivity index (χ0n) is 40.0. The van der Waals surface area contributed by atoms with Gasteiger partial charge in [-0.1, -0.05) is 109 Å². The summed E-state index contributed by atoms with van der Waals surface area (Å²) in [5.74, 6) is 1.19. The van der Waals surface area contributed by atoms with Crippen LogP contribution in [0.4, 0.5) is 9.59 Å². The maximum absolute atomic E-state index is 14.4.